The van der Waals surface area contributed by atoms with Gasteiger partial charge in [0.15, 0.2) is 0 Å². The van der Waals surface area contributed by atoms with Gasteiger partial charge in [-0.3, -0.25) is 0 Å². The van der Waals surface area contributed by atoms with E-state index in [-0.39, 0.29) is 12.1 Å². The number of benzene rings is 1. The standard InChI is InChI=1S/C16H21N3OS2/c1-10(15-11(2)22-12(3)17-15)19(4)16(20)18-13-6-8-14(21-5)9-7-13/h6-10H,1-5H3,(H,18,20)/t10-/m1/s1. The number of nitrogens with one attached hydrogen (secondary N) is 1. The number of hydrogen-bond donors (Lipinski definition) is 1. The summed E-state index contributed by atoms with van der Waals surface area (Å²) in [5, 5.41) is 3.95. The number of aromatic nitrogens is 1. The molecular formula is C16H21N3OS2. The molecular weight excluding hydrogens is 314 g/mol. The van der Waals surface area contributed by atoms with Gasteiger partial charge in [-0.15, -0.1) is 23.1 Å². The van der Waals surface area contributed by atoms with Crippen LogP contribution in [0, 0.1) is 13.8 Å². The Hall–Kier alpha value is -1.53. The number of carbonyl (C=O) groups is 1. The van der Waals surface area contributed by atoms with Crippen molar-refractivity contribution in [3.8, 4) is 0 Å². The van der Waals surface area contributed by atoms with Crippen LogP contribution in [0.2, 0.25) is 0 Å². The monoisotopic (exact) mass is 335 g/mol. The quantitative estimate of drug-likeness (QED) is 0.823. The van der Waals surface area contributed by atoms with Gasteiger partial charge in [0, 0.05) is 22.5 Å². The van der Waals surface area contributed by atoms with E-state index in [0.717, 1.165) is 21.3 Å². The molecule has 4 nitrogen and oxygen atoms in total. The molecule has 2 amide bonds. The zero-order valence-corrected chi connectivity index (χ0v) is 15.1. The summed E-state index contributed by atoms with van der Waals surface area (Å²) in [7, 11) is 1.80. The summed E-state index contributed by atoms with van der Waals surface area (Å²) in [6, 6.07) is 7.64. The van der Waals surface area contributed by atoms with Gasteiger partial charge in [0.25, 0.3) is 0 Å². The first-order valence-corrected chi connectivity index (χ1v) is 9.08. The van der Waals surface area contributed by atoms with Crippen LogP contribution in [-0.4, -0.2) is 29.2 Å². The lowest BCUT2D eigenvalue weighted by Crippen LogP contribution is -2.34. The Morgan fingerprint density at radius 3 is 2.45 bits per heavy atom. The summed E-state index contributed by atoms with van der Waals surface area (Å²) in [4.78, 5) is 20.9. The van der Waals surface area contributed by atoms with Gasteiger partial charge in [-0.2, -0.15) is 0 Å². The molecule has 1 atom stereocenters. The fraction of sp³-hybridized carbons (Fsp3) is 0.375. The maximum absolute atomic E-state index is 12.4. The number of thiazole rings is 1. The predicted molar refractivity (Wildman–Crippen MR) is 95.0 cm³/mol. The molecule has 118 valence electrons. The van der Waals surface area contributed by atoms with Gasteiger partial charge in [0.05, 0.1) is 16.7 Å². The average Bonchev–Trinajstić information content (AvgIpc) is 2.85. The Balaban J connectivity index is 2.06. The van der Waals surface area contributed by atoms with E-state index in [4.69, 9.17) is 0 Å². The van der Waals surface area contributed by atoms with Crippen LogP contribution < -0.4 is 5.32 Å². The highest BCUT2D eigenvalue weighted by Gasteiger charge is 2.21. The number of urea groups is 1. The van der Waals surface area contributed by atoms with Crippen molar-refractivity contribution in [1.82, 2.24) is 9.88 Å². The Bertz CT molecular complexity index is 652. The number of carbonyl (C=O) groups excluding carboxylic acids is 1. The molecule has 2 aromatic rings. The van der Waals surface area contributed by atoms with Gasteiger partial charge in [0.1, 0.15) is 0 Å². The van der Waals surface area contributed by atoms with Crippen molar-refractivity contribution in [2.45, 2.75) is 31.7 Å². The molecule has 1 heterocycles. The van der Waals surface area contributed by atoms with E-state index in [2.05, 4.69) is 10.3 Å². The molecule has 6 heteroatoms. The summed E-state index contributed by atoms with van der Waals surface area (Å²) in [6.07, 6.45) is 2.03. The minimum Gasteiger partial charge on any atom is -0.319 e. The Kier molecular flexibility index (Phi) is 5.47. The van der Waals surface area contributed by atoms with E-state index >= 15 is 0 Å². The van der Waals surface area contributed by atoms with Crippen molar-refractivity contribution in [2.24, 2.45) is 0 Å². The van der Waals surface area contributed by atoms with Crippen molar-refractivity contribution in [3.05, 3.63) is 39.8 Å². The number of thioether (sulfide) groups is 1. The first-order valence-electron chi connectivity index (χ1n) is 7.04. The van der Waals surface area contributed by atoms with Crippen LogP contribution in [0.1, 0.15) is 28.5 Å². The van der Waals surface area contributed by atoms with Gasteiger partial charge < -0.3 is 10.2 Å². The minimum atomic E-state index is -0.130. The highest BCUT2D eigenvalue weighted by Crippen LogP contribution is 2.26. The van der Waals surface area contributed by atoms with Crippen molar-refractivity contribution >= 4 is 34.8 Å². The van der Waals surface area contributed by atoms with E-state index < -0.39 is 0 Å². The number of rotatable bonds is 4. The average molecular weight is 335 g/mol. The largest absolute Gasteiger partial charge is 0.322 e. The molecule has 0 saturated heterocycles. The second kappa shape index (κ2) is 7.15. The molecule has 0 spiro atoms. The van der Waals surface area contributed by atoms with E-state index in [9.17, 15) is 4.79 Å². The van der Waals surface area contributed by atoms with E-state index in [0.29, 0.717) is 0 Å². The predicted octanol–water partition coefficient (Wildman–Crippen LogP) is 4.71. The summed E-state index contributed by atoms with van der Waals surface area (Å²) in [6.45, 7) is 6.03. The topological polar surface area (TPSA) is 45.2 Å². The lowest BCUT2D eigenvalue weighted by molar-refractivity contribution is 0.207. The second-order valence-electron chi connectivity index (χ2n) is 5.12. The summed E-state index contributed by atoms with van der Waals surface area (Å²) < 4.78 is 0. The second-order valence-corrected chi connectivity index (χ2v) is 7.41. The van der Waals surface area contributed by atoms with Crippen LogP contribution in [-0.2, 0) is 0 Å². The lowest BCUT2D eigenvalue weighted by atomic mass is 10.2. The normalized spacial score (nSPS) is 12.0. The van der Waals surface area contributed by atoms with Gasteiger partial charge in [-0.25, -0.2) is 9.78 Å². The molecule has 0 aliphatic carbocycles. The van der Waals surface area contributed by atoms with Crippen molar-refractivity contribution in [3.63, 3.8) is 0 Å². The molecule has 0 bridgehead atoms. The number of aryl methyl sites for hydroxylation is 2. The fourth-order valence-electron chi connectivity index (χ4n) is 2.18. The van der Waals surface area contributed by atoms with Crippen LogP contribution in [0.5, 0.6) is 0 Å². The molecule has 1 N–H and O–H groups in total. The summed E-state index contributed by atoms with van der Waals surface area (Å²) >= 11 is 3.34. The molecule has 1 aromatic carbocycles. The third-order valence-electron chi connectivity index (χ3n) is 3.58. The first-order chi connectivity index (χ1) is 10.4. The van der Waals surface area contributed by atoms with E-state index in [1.54, 1.807) is 35.0 Å². The van der Waals surface area contributed by atoms with Crippen LogP contribution >= 0.6 is 23.1 Å². The molecule has 0 unspecified atom stereocenters. The zero-order valence-electron chi connectivity index (χ0n) is 13.5. The van der Waals surface area contributed by atoms with Crippen molar-refractivity contribution in [2.75, 3.05) is 18.6 Å². The third kappa shape index (κ3) is 3.81. The third-order valence-corrected chi connectivity index (χ3v) is 5.22. The van der Waals surface area contributed by atoms with E-state index in [1.807, 2.05) is 51.3 Å². The van der Waals surface area contributed by atoms with Gasteiger partial charge >= 0.3 is 6.03 Å². The number of nitrogens with zero attached hydrogens (tertiary/aromatic N) is 2. The van der Waals surface area contributed by atoms with Crippen molar-refractivity contribution in [1.29, 1.82) is 0 Å². The SMILES string of the molecule is CSc1ccc(NC(=O)N(C)[C@H](C)c2nc(C)sc2C)cc1. The summed E-state index contributed by atoms with van der Waals surface area (Å²) in [5.74, 6) is 0. The number of anilines is 1. The number of hydrogen-bond acceptors (Lipinski definition) is 4. The fourth-order valence-corrected chi connectivity index (χ4v) is 3.49. The molecule has 0 radical (unpaired) electrons. The molecule has 22 heavy (non-hydrogen) atoms. The highest BCUT2D eigenvalue weighted by atomic mass is 32.2. The summed E-state index contributed by atoms with van der Waals surface area (Å²) in [5.41, 5.74) is 1.77. The van der Waals surface area contributed by atoms with Crippen molar-refractivity contribution < 1.29 is 4.79 Å². The smallest absolute Gasteiger partial charge is 0.319 e. The van der Waals surface area contributed by atoms with Gasteiger partial charge in [-0.1, -0.05) is 0 Å². The zero-order chi connectivity index (χ0) is 16.3. The van der Waals surface area contributed by atoms with Gasteiger partial charge in [0.2, 0.25) is 0 Å². The van der Waals surface area contributed by atoms with E-state index in [1.165, 1.54) is 4.90 Å². The Morgan fingerprint density at radius 1 is 1.32 bits per heavy atom. The molecule has 0 aliphatic heterocycles. The van der Waals surface area contributed by atoms with Crippen LogP contribution in [0.3, 0.4) is 0 Å². The minimum absolute atomic E-state index is 0.0598. The number of amides is 2. The van der Waals surface area contributed by atoms with Gasteiger partial charge in [-0.05, 0) is 51.3 Å². The first kappa shape index (κ1) is 16.8. The lowest BCUT2D eigenvalue weighted by Gasteiger charge is -2.24. The Labute approximate surface area is 139 Å². The highest BCUT2D eigenvalue weighted by molar-refractivity contribution is 7.98. The van der Waals surface area contributed by atoms with Crippen LogP contribution in [0.15, 0.2) is 29.2 Å². The maximum Gasteiger partial charge on any atom is 0.322 e. The molecule has 0 saturated carbocycles. The molecule has 0 fully saturated rings. The van der Waals surface area contributed by atoms with Crippen LogP contribution in [0.4, 0.5) is 10.5 Å². The maximum atomic E-state index is 12.4. The Morgan fingerprint density at radius 2 is 1.95 bits per heavy atom. The van der Waals surface area contributed by atoms with Crippen LogP contribution in [0.25, 0.3) is 0 Å². The molecule has 1 aromatic heterocycles. The molecule has 2 rings (SSSR count). The molecule has 0 aliphatic rings.